The first-order valence-corrected chi connectivity index (χ1v) is 9.74. The van der Waals surface area contributed by atoms with Crippen molar-refractivity contribution in [2.24, 2.45) is 0 Å². The average Bonchev–Trinajstić information content (AvgIpc) is 3.05. The molecule has 1 saturated heterocycles. The smallest absolute Gasteiger partial charge is 0.335 e. The molecule has 1 fully saturated rings. The third-order valence-electron chi connectivity index (χ3n) is 5.78. The molecule has 1 aliphatic rings. The van der Waals surface area contributed by atoms with E-state index in [2.05, 4.69) is 41.4 Å². The molecule has 0 saturated carbocycles. The minimum Gasteiger partial charge on any atom is -0.478 e. The van der Waals surface area contributed by atoms with Crippen molar-refractivity contribution in [1.29, 1.82) is 0 Å². The minimum atomic E-state index is -0.951. The van der Waals surface area contributed by atoms with Crippen LogP contribution < -0.4 is 5.32 Å². The second-order valence-electron chi connectivity index (χ2n) is 7.91. The number of aromatic carboxylic acids is 1. The van der Waals surface area contributed by atoms with E-state index in [1.807, 2.05) is 13.8 Å². The van der Waals surface area contributed by atoms with Crippen LogP contribution in [0.25, 0.3) is 0 Å². The van der Waals surface area contributed by atoms with Crippen LogP contribution in [0.3, 0.4) is 0 Å². The highest BCUT2D eigenvalue weighted by molar-refractivity contribution is 5.88. The third kappa shape index (κ3) is 4.25. The predicted molar refractivity (Wildman–Crippen MR) is 109 cm³/mol. The summed E-state index contributed by atoms with van der Waals surface area (Å²) in [5.74, 6) is -0.930. The second kappa shape index (κ2) is 8.15. The van der Waals surface area contributed by atoms with Gasteiger partial charge in [0.15, 0.2) is 0 Å². The molecule has 1 amide bonds. The monoisotopic (exact) mass is 380 g/mol. The van der Waals surface area contributed by atoms with Crippen molar-refractivity contribution in [2.45, 2.75) is 51.7 Å². The van der Waals surface area contributed by atoms with Gasteiger partial charge in [-0.3, -0.25) is 9.69 Å². The van der Waals surface area contributed by atoms with E-state index in [-0.39, 0.29) is 17.5 Å². The minimum absolute atomic E-state index is 0.0203. The maximum absolute atomic E-state index is 13.1. The van der Waals surface area contributed by atoms with Crippen molar-refractivity contribution in [3.05, 3.63) is 70.8 Å². The number of amides is 1. The summed E-state index contributed by atoms with van der Waals surface area (Å²) in [6.07, 6.45) is 1.83. The van der Waals surface area contributed by atoms with E-state index in [0.29, 0.717) is 0 Å². The Morgan fingerprint density at radius 2 is 1.79 bits per heavy atom. The van der Waals surface area contributed by atoms with Crippen LogP contribution in [0.4, 0.5) is 0 Å². The number of carboxylic acid groups (broad SMARTS) is 1. The topological polar surface area (TPSA) is 69.6 Å². The maximum Gasteiger partial charge on any atom is 0.335 e. The first-order chi connectivity index (χ1) is 13.3. The van der Waals surface area contributed by atoms with Gasteiger partial charge in [-0.2, -0.15) is 0 Å². The van der Waals surface area contributed by atoms with Gasteiger partial charge in [-0.1, -0.05) is 42.0 Å². The molecule has 2 aromatic rings. The predicted octanol–water partition coefficient (Wildman–Crippen LogP) is 3.93. The molecule has 0 unspecified atom stereocenters. The highest BCUT2D eigenvalue weighted by Gasteiger charge is 2.43. The zero-order valence-electron chi connectivity index (χ0n) is 16.7. The zero-order chi connectivity index (χ0) is 20.3. The molecule has 1 heterocycles. The number of rotatable bonds is 6. The van der Waals surface area contributed by atoms with Crippen molar-refractivity contribution in [1.82, 2.24) is 10.2 Å². The first kappa shape index (κ1) is 20.1. The lowest BCUT2D eigenvalue weighted by Gasteiger charge is -2.35. The normalized spacial score (nSPS) is 20.7. The molecule has 3 rings (SSSR count). The van der Waals surface area contributed by atoms with E-state index in [4.69, 9.17) is 5.11 Å². The summed E-state index contributed by atoms with van der Waals surface area (Å²) in [5.41, 5.74) is 3.04. The molecule has 148 valence electrons. The highest BCUT2D eigenvalue weighted by atomic mass is 16.4. The van der Waals surface area contributed by atoms with Crippen LogP contribution >= 0.6 is 0 Å². The Morgan fingerprint density at radius 3 is 2.39 bits per heavy atom. The lowest BCUT2D eigenvalue weighted by molar-refractivity contribution is -0.132. The molecule has 28 heavy (non-hydrogen) atoms. The molecule has 1 aliphatic heterocycles. The number of aryl methyl sites for hydroxylation is 1. The number of carboxylic acids is 1. The van der Waals surface area contributed by atoms with Gasteiger partial charge in [-0.15, -0.1) is 0 Å². The number of likely N-dealkylation sites (tertiary alicyclic amines) is 1. The molecule has 5 heteroatoms. The Bertz CT molecular complexity index is 845. The summed E-state index contributed by atoms with van der Waals surface area (Å²) in [7, 11) is 0. The Hall–Kier alpha value is -2.66. The Kier molecular flexibility index (Phi) is 5.84. The van der Waals surface area contributed by atoms with Crippen molar-refractivity contribution >= 4 is 11.9 Å². The lowest BCUT2D eigenvalue weighted by Crippen LogP contribution is -2.53. The van der Waals surface area contributed by atoms with Crippen LogP contribution in [-0.2, 0) is 11.3 Å². The van der Waals surface area contributed by atoms with Gasteiger partial charge in [0, 0.05) is 6.54 Å². The van der Waals surface area contributed by atoms with Crippen LogP contribution in [0, 0.1) is 6.92 Å². The van der Waals surface area contributed by atoms with Crippen molar-refractivity contribution in [2.75, 3.05) is 6.54 Å². The fourth-order valence-electron chi connectivity index (χ4n) is 3.79. The van der Waals surface area contributed by atoms with E-state index in [1.165, 1.54) is 11.1 Å². The second-order valence-corrected chi connectivity index (χ2v) is 7.91. The number of hydrogen-bond acceptors (Lipinski definition) is 3. The maximum atomic E-state index is 13.1. The number of nitrogens with one attached hydrogen (secondary N) is 1. The van der Waals surface area contributed by atoms with Crippen LogP contribution in [0.1, 0.15) is 59.8 Å². The van der Waals surface area contributed by atoms with Crippen LogP contribution in [0.2, 0.25) is 0 Å². The van der Waals surface area contributed by atoms with Gasteiger partial charge >= 0.3 is 5.97 Å². The van der Waals surface area contributed by atoms with Crippen LogP contribution in [0.5, 0.6) is 0 Å². The zero-order valence-corrected chi connectivity index (χ0v) is 16.7. The van der Waals surface area contributed by atoms with Crippen LogP contribution in [-0.4, -0.2) is 34.0 Å². The fraction of sp³-hybridized carbons (Fsp3) is 0.391. The van der Waals surface area contributed by atoms with Gasteiger partial charge in [-0.05, 0) is 63.4 Å². The number of benzene rings is 2. The summed E-state index contributed by atoms with van der Waals surface area (Å²) >= 11 is 0. The SMILES string of the molecule is Cc1ccc(CN2CCC[C@]2(C)C(=O)N[C@@H](C)c2ccc(C(=O)O)cc2)cc1. The number of carbonyl (C=O) groups is 2. The van der Waals surface area contributed by atoms with Gasteiger partial charge in [-0.25, -0.2) is 4.79 Å². The number of nitrogens with zero attached hydrogens (tertiary/aromatic N) is 1. The molecular weight excluding hydrogens is 352 g/mol. The van der Waals surface area contributed by atoms with Crippen molar-refractivity contribution in [3.63, 3.8) is 0 Å². The Balaban J connectivity index is 1.68. The van der Waals surface area contributed by atoms with Gasteiger partial charge in [0.25, 0.3) is 0 Å². The molecule has 0 aromatic heterocycles. The first-order valence-electron chi connectivity index (χ1n) is 9.74. The van der Waals surface area contributed by atoms with E-state index in [0.717, 1.165) is 31.5 Å². The molecule has 0 aliphatic carbocycles. The summed E-state index contributed by atoms with van der Waals surface area (Å²) < 4.78 is 0. The van der Waals surface area contributed by atoms with Crippen LogP contribution in [0.15, 0.2) is 48.5 Å². The highest BCUT2D eigenvalue weighted by Crippen LogP contribution is 2.31. The molecular formula is C23H28N2O3. The van der Waals surface area contributed by atoms with E-state index in [1.54, 1.807) is 24.3 Å². The van der Waals surface area contributed by atoms with Gasteiger partial charge in [0.05, 0.1) is 17.1 Å². The van der Waals surface area contributed by atoms with Gasteiger partial charge in [0.1, 0.15) is 0 Å². The Labute approximate surface area is 166 Å². The molecule has 5 nitrogen and oxygen atoms in total. The van der Waals surface area contributed by atoms with E-state index >= 15 is 0 Å². The van der Waals surface area contributed by atoms with E-state index in [9.17, 15) is 9.59 Å². The Morgan fingerprint density at radius 1 is 1.14 bits per heavy atom. The molecule has 0 radical (unpaired) electrons. The standard InChI is InChI=1S/C23H28N2O3/c1-16-5-7-18(8-6-16)15-25-14-4-13-23(25,3)22(28)24-17(2)19-9-11-20(12-10-19)21(26)27/h5-12,17H,4,13-15H2,1-3H3,(H,24,28)(H,26,27)/t17-,23+/m0/s1. The largest absolute Gasteiger partial charge is 0.478 e. The lowest BCUT2D eigenvalue weighted by atomic mass is 9.95. The molecule has 0 bridgehead atoms. The van der Waals surface area contributed by atoms with Gasteiger partial charge in [0.2, 0.25) is 5.91 Å². The fourth-order valence-corrected chi connectivity index (χ4v) is 3.79. The van der Waals surface area contributed by atoms with E-state index < -0.39 is 11.5 Å². The molecule has 2 atom stereocenters. The average molecular weight is 380 g/mol. The summed E-state index contributed by atoms with van der Waals surface area (Å²) in [5, 5.41) is 12.2. The molecule has 2 aromatic carbocycles. The quantitative estimate of drug-likeness (QED) is 0.797. The molecule has 0 spiro atoms. The van der Waals surface area contributed by atoms with Gasteiger partial charge < -0.3 is 10.4 Å². The number of hydrogen-bond donors (Lipinski definition) is 2. The summed E-state index contributed by atoms with van der Waals surface area (Å²) in [4.78, 5) is 26.4. The summed E-state index contributed by atoms with van der Waals surface area (Å²) in [6, 6.07) is 14.9. The number of carbonyl (C=O) groups excluding carboxylic acids is 1. The van der Waals surface area contributed by atoms with Crippen molar-refractivity contribution < 1.29 is 14.7 Å². The summed E-state index contributed by atoms with van der Waals surface area (Å²) in [6.45, 7) is 7.67. The molecule has 2 N–H and O–H groups in total. The van der Waals surface area contributed by atoms with Crippen molar-refractivity contribution in [3.8, 4) is 0 Å². The third-order valence-corrected chi connectivity index (χ3v) is 5.78.